The van der Waals surface area contributed by atoms with Gasteiger partial charge in [-0.3, -0.25) is 9.59 Å². The Labute approximate surface area is 177 Å². The maximum absolute atomic E-state index is 13.1. The van der Waals surface area contributed by atoms with Crippen LogP contribution in [0.3, 0.4) is 0 Å². The number of carbonyl (C=O) groups excluding carboxylic acids is 2. The molecule has 29 heavy (non-hydrogen) atoms. The Morgan fingerprint density at radius 1 is 1.03 bits per heavy atom. The monoisotopic (exact) mass is 411 g/mol. The molecule has 6 heteroatoms. The highest BCUT2D eigenvalue weighted by molar-refractivity contribution is 8.01. The summed E-state index contributed by atoms with van der Waals surface area (Å²) in [6.07, 6.45) is 3.97. The highest BCUT2D eigenvalue weighted by atomic mass is 32.2. The molecular formula is C23H29N3O2S. The van der Waals surface area contributed by atoms with Gasteiger partial charge in [0.15, 0.2) is 0 Å². The summed E-state index contributed by atoms with van der Waals surface area (Å²) < 4.78 is -0.390. The number of nitrogens with zero attached hydrogens (tertiary/aromatic N) is 1. The van der Waals surface area contributed by atoms with Gasteiger partial charge in [-0.15, -0.1) is 11.8 Å². The van der Waals surface area contributed by atoms with Gasteiger partial charge in [-0.25, -0.2) is 0 Å². The van der Waals surface area contributed by atoms with E-state index in [0.717, 1.165) is 41.8 Å². The first-order chi connectivity index (χ1) is 14.0. The predicted molar refractivity (Wildman–Crippen MR) is 119 cm³/mol. The largest absolute Gasteiger partial charge is 0.351 e. The highest BCUT2D eigenvalue weighted by Crippen LogP contribution is 2.45. The van der Waals surface area contributed by atoms with Gasteiger partial charge in [0, 0.05) is 17.1 Å². The van der Waals surface area contributed by atoms with E-state index >= 15 is 0 Å². The van der Waals surface area contributed by atoms with E-state index in [0.29, 0.717) is 13.1 Å². The zero-order chi connectivity index (χ0) is 20.7. The zero-order valence-corrected chi connectivity index (χ0v) is 17.9. The summed E-state index contributed by atoms with van der Waals surface area (Å²) in [5, 5.41) is 6.03. The molecule has 1 aliphatic carbocycles. The Bertz CT molecular complexity index is 833. The second kappa shape index (κ2) is 9.94. The third kappa shape index (κ3) is 6.08. The Balaban J connectivity index is 1.61. The molecule has 0 spiro atoms. The Hall–Kier alpha value is -2.31. The third-order valence-corrected chi connectivity index (χ3v) is 6.50. The Morgan fingerprint density at radius 3 is 2.45 bits per heavy atom. The van der Waals surface area contributed by atoms with Crippen molar-refractivity contribution < 1.29 is 9.59 Å². The van der Waals surface area contributed by atoms with E-state index in [1.807, 2.05) is 61.5 Å². The molecule has 5 nitrogen and oxygen atoms in total. The SMILES string of the molecule is CN(C)CC(=O)Nc1cccc(CNC(=O)C2(Sc3ccccc3)CCCC2)c1. The summed E-state index contributed by atoms with van der Waals surface area (Å²) in [7, 11) is 3.72. The molecular weight excluding hydrogens is 382 g/mol. The second-order valence-electron chi connectivity index (χ2n) is 7.79. The van der Waals surface area contributed by atoms with Gasteiger partial charge in [0.1, 0.15) is 0 Å². The van der Waals surface area contributed by atoms with Crippen molar-refractivity contribution in [3.8, 4) is 0 Å². The summed E-state index contributed by atoms with van der Waals surface area (Å²) >= 11 is 1.69. The van der Waals surface area contributed by atoms with Crippen LogP contribution < -0.4 is 10.6 Å². The molecule has 2 amide bonds. The van der Waals surface area contributed by atoms with Gasteiger partial charge < -0.3 is 15.5 Å². The van der Waals surface area contributed by atoms with E-state index in [4.69, 9.17) is 0 Å². The molecule has 0 unspecified atom stereocenters. The van der Waals surface area contributed by atoms with Crippen molar-refractivity contribution >= 4 is 29.3 Å². The quantitative estimate of drug-likeness (QED) is 0.691. The molecule has 0 aromatic heterocycles. The van der Waals surface area contributed by atoms with Crippen molar-refractivity contribution in [3.63, 3.8) is 0 Å². The zero-order valence-electron chi connectivity index (χ0n) is 17.1. The number of thioether (sulfide) groups is 1. The number of amides is 2. The minimum atomic E-state index is -0.390. The van der Waals surface area contributed by atoms with Crippen molar-refractivity contribution in [1.29, 1.82) is 0 Å². The minimum Gasteiger partial charge on any atom is -0.351 e. The molecule has 2 aromatic rings. The van der Waals surface area contributed by atoms with Gasteiger partial charge in [0.25, 0.3) is 0 Å². The topological polar surface area (TPSA) is 61.4 Å². The summed E-state index contributed by atoms with van der Waals surface area (Å²) in [5.41, 5.74) is 1.72. The van der Waals surface area contributed by atoms with Crippen LogP contribution in [0, 0.1) is 0 Å². The fourth-order valence-corrected chi connectivity index (χ4v) is 5.03. The number of nitrogens with one attached hydrogen (secondary N) is 2. The molecule has 2 aromatic carbocycles. The van der Waals surface area contributed by atoms with Crippen LogP contribution in [-0.2, 0) is 16.1 Å². The van der Waals surface area contributed by atoms with E-state index in [9.17, 15) is 9.59 Å². The summed E-state index contributed by atoms with van der Waals surface area (Å²) in [5.74, 6) is 0.0475. The first kappa shape index (κ1) is 21.4. The van der Waals surface area contributed by atoms with Crippen molar-refractivity contribution in [2.75, 3.05) is 26.0 Å². The fraction of sp³-hybridized carbons (Fsp3) is 0.391. The first-order valence-corrected chi connectivity index (χ1v) is 10.8. The standard InChI is InChI=1S/C23H29N3O2S/c1-26(2)17-21(27)25-19-10-8-9-18(15-19)16-24-22(28)23(13-6-7-14-23)29-20-11-4-3-5-12-20/h3-5,8-12,15H,6-7,13-14,16-17H2,1-2H3,(H,24,28)(H,25,27). The number of hydrogen-bond acceptors (Lipinski definition) is 4. The molecule has 0 atom stereocenters. The molecule has 0 heterocycles. The van der Waals surface area contributed by atoms with Crippen molar-refractivity contribution in [1.82, 2.24) is 10.2 Å². The maximum atomic E-state index is 13.1. The lowest BCUT2D eigenvalue weighted by molar-refractivity contribution is -0.123. The molecule has 0 saturated heterocycles. The number of likely N-dealkylation sites (N-methyl/N-ethyl adjacent to an activating group) is 1. The van der Waals surface area contributed by atoms with Crippen molar-refractivity contribution in [3.05, 3.63) is 60.2 Å². The second-order valence-corrected chi connectivity index (χ2v) is 9.24. The van der Waals surface area contributed by atoms with Crippen molar-refractivity contribution in [2.45, 2.75) is 41.9 Å². The molecule has 2 N–H and O–H groups in total. The van der Waals surface area contributed by atoms with Crippen LogP contribution in [0.15, 0.2) is 59.5 Å². The molecule has 0 radical (unpaired) electrons. The average molecular weight is 412 g/mol. The molecule has 1 aliphatic rings. The minimum absolute atomic E-state index is 0.0552. The van der Waals surface area contributed by atoms with Crippen LogP contribution in [0.5, 0.6) is 0 Å². The van der Waals surface area contributed by atoms with E-state index in [1.165, 1.54) is 0 Å². The summed E-state index contributed by atoms with van der Waals surface area (Å²) in [4.78, 5) is 28.0. The smallest absolute Gasteiger partial charge is 0.238 e. The van der Waals surface area contributed by atoms with Gasteiger partial charge >= 0.3 is 0 Å². The Morgan fingerprint density at radius 2 is 1.76 bits per heavy atom. The average Bonchev–Trinajstić information content (AvgIpc) is 3.16. The van der Waals surface area contributed by atoms with Crippen LogP contribution in [0.1, 0.15) is 31.2 Å². The molecule has 0 bridgehead atoms. The number of carbonyl (C=O) groups is 2. The number of rotatable bonds is 8. The van der Waals surface area contributed by atoms with Gasteiger partial charge in [-0.05, 0) is 56.8 Å². The Kier molecular flexibility index (Phi) is 7.34. The van der Waals surface area contributed by atoms with Crippen LogP contribution in [0.4, 0.5) is 5.69 Å². The van der Waals surface area contributed by atoms with E-state index in [-0.39, 0.29) is 16.6 Å². The first-order valence-electron chi connectivity index (χ1n) is 10.0. The normalized spacial score (nSPS) is 15.3. The van der Waals surface area contributed by atoms with Gasteiger partial charge in [0.2, 0.25) is 11.8 Å². The lowest BCUT2D eigenvalue weighted by Gasteiger charge is -2.27. The predicted octanol–water partition coefficient (Wildman–Crippen LogP) is 3.91. The van der Waals surface area contributed by atoms with Crippen LogP contribution in [0.2, 0.25) is 0 Å². The van der Waals surface area contributed by atoms with Gasteiger partial charge in [-0.2, -0.15) is 0 Å². The fourth-order valence-electron chi connectivity index (χ4n) is 3.63. The molecule has 1 saturated carbocycles. The summed E-state index contributed by atoms with van der Waals surface area (Å²) in [6, 6.07) is 17.8. The van der Waals surface area contributed by atoms with Crippen molar-refractivity contribution in [2.24, 2.45) is 0 Å². The molecule has 3 rings (SSSR count). The number of hydrogen-bond donors (Lipinski definition) is 2. The lowest BCUT2D eigenvalue weighted by atomic mass is 10.1. The molecule has 0 aliphatic heterocycles. The van der Waals surface area contributed by atoms with Crippen LogP contribution >= 0.6 is 11.8 Å². The van der Waals surface area contributed by atoms with Gasteiger partial charge in [-0.1, -0.05) is 43.2 Å². The van der Waals surface area contributed by atoms with E-state index in [2.05, 4.69) is 22.8 Å². The molecule has 1 fully saturated rings. The maximum Gasteiger partial charge on any atom is 0.238 e. The number of anilines is 1. The van der Waals surface area contributed by atoms with Gasteiger partial charge in [0.05, 0.1) is 11.3 Å². The third-order valence-electron chi connectivity index (χ3n) is 5.01. The highest BCUT2D eigenvalue weighted by Gasteiger charge is 2.42. The number of benzene rings is 2. The van der Waals surface area contributed by atoms with E-state index < -0.39 is 0 Å². The summed E-state index contributed by atoms with van der Waals surface area (Å²) in [6.45, 7) is 0.785. The molecule has 154 valence electrons. The van der Waals surface area contributed by atoms with Crippen LogP contribution in [-0.4, -0.2) is 42.1 Å². The van der Waals surface area contributed by atoms with Crippen LogP contribution in [0.25, 0.3) is 0 Å². The van der Waals surface area contributed by atoms with E-state index in [1.54, 1.807) is 11.8 Å². The lowest BCUT2D eigenvalue weighted by Crippen LogP contribution is -2.41.